The first-order valence-corrected chi connectivity index (χ1v) is 3.78. The zero-order chi connectivity index (χ0) is 6.10. The van der Waals surface area contributed by atoms with Gasteiger partial charge in [-0.1, -0.05) is 5.21 Å². The highest BCUT2D eigenvalue weighted by Gasteiger charge is 2.08. The van der Waals surface area contributed by atoms with E-state index in [1.165, 1.54) is 5.03 Å². The maximum Gasteiger partial charge on any atom is 0.114 e. The number of rotatable bonds is 0. The largest absolute Gasteiger partial charge is 0.239 e. The molecule has 0 atom stereocenters. The number of hydrogen-bond donors (Lipinski definition) is 0. The molecule has 0 fully saturated rings. The monoisotopic (exact) mass is 140 g/mol. The molecule has 0 amide bonds. The van der Waals surface area contributed by atoms with Crippen molar-refractivity contribution in [1.82, 2.24) is 15.0 Å². The molecule has 4 heteroatoms. The molecule has 3 nitrogen and oxygen atoms in total. The van der Waals surface area contributed by atoms with E-state index < -0.39 is 0 Å². The summed E-state index contributed by atoms with van der Waals surface area (Å²) in [5.74, 6) is 1.09. The molecule has 0 saturated carbocycles. The van der Waals surface area contributed by atoms with Crippen molar-refractivity contribution in [3.8, 4) is 0 Å². The third-order valence-corrected chi connectivity index (χ3v) is 2.25. The Morgan fingerprint density at radius 3 is 3.56 bits per heavy atom. The van der Waals surface area contributed by atoms with E-state index in [1.54, 1.807) is 18.0 Å². The predicted octanol–water partition coefficient (Wildman–Crippen LogP) is 0.588. The second kappa shape index (κ2) is 2.02. The molecule has 0 spiro atoms. The third-order valence-electron chi connectivity index (χ3n) is 1.23. The van der Waals surface area contributed by atoms with Crippen LogP contribution in [0.2, 0.25) is 0 Å². The van der Waals surface area contributed by atoms with E-state index in [1.807, 2.05) is 4.68 Å². The molecule has 47 valence electrons. The molecule has 1 aromatic heterocycles. The number of aromatic nitrogens is 3. The molecule has 0 unspecified atom stereocenters. The van der Waals surface area contributed by atoms with Crippen molar-refractivity contribution in [3.63, 3.8) is 0 Å². The molecule has 0 aromatic carbocycles. The number of fused-ring (bicyclic) bond motifs is 1. The standard InChI is InChI=1S/C5H6N3S/c1-2-8-5(9-3-1)4-6-7-8/h1,4H,2-3H2. The van der Waals surface area contributed by atoms with E-state index in [9.17, 15) is 0 Å². The van der Waals surface area contributed by atoms with Gasteiger partial charge in [0.1, 0.15) is 5.03 Å². The van der Waals surface area contributed by atoms with E-state index in [4.69, 9.17) is 0 Å². The van der Waals surface area contributed by atoms with Crippen molar-refractivity contribution < 1.29 is 0 Å². The molecule has 1 aliphatic rings. The van der Waals surface area contributed by atoms with Crippen LogP contribution in [-0.4, -0.2) is 20.7 Å². The predicted molar refractivity (Wildman–Crippen MR) is 35.0 cm³/mol. The summed E-state index contributed by atoms with van der Waals surface area (Å²) < 4.78 is 1.90. The zero-order valence-corrected chi connectivity index (χ0v) is 5.64. The van der Waals surface area contributed by atoms with Gasteiger partial charge in [0.2, 0.25) is 0 Å². The Hall–Kier alpha value is -0.510. The number of thioether (sulfide) groups is 1. The molecule has 9 heavy (non-hydrogen) atoms. The van der Waals surface area contributed by atoms with Crippen molar-refractivity contribution in [2.45, 2.75) is 11.6 Å². The van der Waals surface area contributed by atoms with Crippen LogP contribution in [0.3, 0.4) is 0 Å². The highest BCUT2D eigenvalue weighted by molar-refractivity contribution is 7.99. The summed E-state index contributed by atoms with van der Waals surface area (Å²) in [6.45, 7) is 0.919. The van der Waals surface area contributed by atoms with Crippen LogP contribution in [-0.2, 0) is 6.54 Å². The third kappa shape index (κ3) is 0.830. The van der Waals surface area contributed by atoms with Gasteiger partial charge in [-0.05, 0) is 6.42 Å². The molecule has 0 N–H and O–H groups in total. The summed E-state index contributed by atoms with van der Waals surface area (Å²) in [5.41, 5.74) is 0. The minimum atomic E-state index is 0.919. The first-order valence-electron chi connectivity index (χ1n) is 2.80. The molecule has 0 bridgehead atoms. The topological polar surface area (TPSA) is 30.7 Å². The Morgan fingerprint density at radius 1 is 1.67 bits per heavy atom. The number of nitrogens with zero attached hydrogens (tertiary/aromatic N) is 3. The second-order valence-corrected chi connectivity index (χ2v) is 2.89. The Kier molecular flexibility index (Phi) is 1.19. The first-order chi connectivity index (χ1) is 4.47. The second-order valence-electron chi connectivity index (χ2n) is 1.85. The van der Waals surface area contributed by atoms with Gasteiger partial charge in [0.05, 0.1) is 6.20 Å². The van der Waals surface area contributed by atoms with Gasteiger partial charge in [-0.25, -0.2) is 4.68 Å². The van der Waals surface area contributed by atoms with Crippen LogP contribution >= 0.6 is 11.8 Å². The summed E-state index contributed by atoms with van der Waals surface area (Å²) in [6, 6.07) is 0. The minimum Gasteiger partial charge on any atom is -0.239 e. The molecule has 1 aromatic rings. The van der Waals surface area contributed by atoms with Crippen molar-refractivity contribution in [1.29, 1.82) is 0 Å². The molecule has 1 radical (unpaired) electrons. The summed E-state index contributed by atoms with van der Waals surface area (Å²) in [7, 11) is 0. The smallest absolute Gasteiger partial charge is 0.114 e. The Bertz CT molecular complexity index is 187. The molecule has 0 aliphatic carbocycles. The molecule has 2 heterocycles. The highest BCUT2D eigenvalue weighted by Crippen LogP contribution is 2.21. The van der Waals surface area contributed by atoms with Crippen molar-refractivity contribution in [2.24, 2.45) is 0 Å². The van der Waals surface area contributed by atoms with E-state index in [-0.39, 0.29) is 0 Å². The first kappa shape index (κ1) is 5.29. The highest BCUT2D eigenvalue weighted by atomic mass is 32.2. The average Bonchev–Trinajstić information content (AvgIpc) is 2.33. The lowest BCUT2D eigenvalue weighted by Gasteiger charge is -2.09. The SMILES string of the molecule is [CH]1CSc2cnnn2C1. The van der Waals surface area contributed by atoms with Gasteiger partial charge in [0.15, 0.2) is 0 Å². The van der Waals surface area contributed by atoms with Gasteiger partial charge in [-0.2, -0.15) is 0 Å². The maximum atomic E-state index is 3.87. The Morgan fingerprint density at radius 2 is 2.67 bits per heavy atom. The summed E-state index contributed by atoms with van der Waals surface area (Å²) in [4.78, 5) is 0. The van der Waals surface area contributed by atoms with Crippen LogP contribution in [0.5, 0.6) is 0 Å². The van der Waals surface area contributed by atoms with Gasteiger partial charge in [-0.3, -0.25) is 0 Å². The van der Waals surface area contributed by atoms with Gasteiger partial charge in [0, 0.05) is 12.3 Å². The molecular weight excluding hydrogens is 134 g/mol. The molecule has 0 saturated heterocycles. The number of hydrogen-bond acceptors (Lipinski definition) is 3. The Balaban J connectivity index is 2.39. The fraction of sp³-hybridized carbons (Fsp3) is 0.400. The molecule has 2 rings (SSSR count). The van der Waals surface area contributed by atoms with E-state index in [2.05, 4.69) is 16.7 Å². The molecular formula is C5H6N3S. The van der Waals surface area contributed by atoms with Crippen molar-refractivity contribution in [3.05, 3.63) is 12.6 Å². The fourth-order valence-electron chi connectivity index (χ4n) is 0.806. The zero-order valence-electron chi connectivity index (χ0n) is 4.82. The van der Waals surface area contributed by atoms with Crippen LogP contribution in [0.15, 0.2) is 11.2 Å². The molecule has 1 aliphatic heterocycles. The van der Waals surface area contributed by atoms with Crippen LogP contribution in [0.25, 0.3) is 0 Å². The van der Waals surface area contributed by atoms with Crippen molar-refractivity contribution in [2.75, 3.05) is 5.75 Å². The quantitative estimate of drug-likeness (QED) is 0.528. The van der Waals surface area contributed by atoms with Gasteiger partial charge in [-0.15, -0.1) is 16.9 Å². The van der Waals surface area contributed by atoms with E-state index >= 15 is 0 Å². The van der Waals surface area contributed by atoms with Crippen molar-refractivity contribution >= 4 is 11.8 Å². The maximum absolute atomic E-state index is 3.87. The lowest BCUT2D eigenvalue weighted by atomic mass is 10.5. The van der Waals surface area contributed by atoms with E-state index in [0.717, 1.165) is 12.3 Å². The van der Waals surface area contributed by atoms with Gasteiger partial charge < -0.3 is 0 Å². The minimum absolute atomic E-state index is 0.919. The van der Waals surface area contributed by atoms with Gasteiger partial charge in [0.25, 0.3) is 0 Å². The van der Waals surface area contributed by atoms with Crippen LogP contribution in [0.1, 0.15) is 0 Å². The summed E-state index contributed by atoms with van der Waals surface area (Å²) in [5, 5.41) is 8.83. The fourth-order valence-corrected chi connectivity index (χ4v) is 1.58. The average molecular weight is 140 g/mol. The van der Waals surface area contributed by atoms with Crippen LogP contribution in [0, 0.1) is 6.42 Å². The lowest BCUT2D eigenvalue weighted by molar-refractivity contribution is 0.587. The van der Waals surface area contributed by atoms with Crippen LogP contribution < -0.4 is 0 Å². The van der Waals surface area contributed by atoms with E-state index in [0.29, 0.717) is 0 Å². The normalized spacial score (nSPS) is 17.3. The van der Waals surface area contributed by atoms with Gasteiger partial charge >= 0.3 is 0 Å². The summed E-state index contributed by atoms with van der Waals surface area (Å²) in [6.07, 6.45) is 3.99. The Labute approximate surface area is 57.4 Å². The summed E-state index contributed by atoms with van der Waals surface area (Å²) >= 11 is 1.78. The lowest BCUT2D eigenvalue weighted by Crippen LogP contribution is -2.08. The van der Waals surface area contributed by atoms with Crippen LogP contribution in [0.4, 0.5) is 0 Å².